The monoisotopic (exact) mass is 239 g/mol. The van der Waals surface area contributed by atoms with Crippen molar-refractivity contribution in [2.75, 3.05) is 5.73 Å². The summed E-state index contributed by atoms with van der Waals surface area (Å²) in [5, 5.41) is 0.159. The molecule has 5 heteroatoms. The topological polar surface area (TPSA) is 81.1 Å². The molecule has 1 rings (SSSR count). The van der Waals surface area contributed by atoms with Crippen LogP contribution < -0.4 is 17.0 Å². The first-order valence-corrected chi connectivity index (χ1v) is 5.95. The summed E-state index contributed by atoms with van der Waals surface area (Å²) in [6.45, 7) is 3.86. The Labute approximate surface area is 99.7 Å². The fourth-order valence-electron chi connectivity index (χ4n) is 1.21. The summed E-state index contributed by atoms with van der Waals surface area (Å²) in [5.41, 5.74) is 8.51. The van der Waals surface area contributed by atoms with Crippen molar-refractivity contribution < 1.29 is 4.79 Å². The lowest BCUT2D eigenvalue weighted by molar-refractivity contribution is -0.124. The van der Waals surface area contributed by atoms with Gasteiger partial charge in [-0.25, -0.2) is 5.84 Å². The van der Waals surface area contributed by atoms with Crippen LogP contribution in [0.4, 0.5) is 5.69 Å². The molecule has 1 aromatic rings. The number of hydrazine groups is 1. The van der Waals surface area contributed by atoms with Gasteiger partial charge >= 0.3 is 0 Å². The molecule has 2 unspecified atom stereocenters. The molecule has 5 N–H and O–H groups in total. The largest absolute Gasteiger partial charge is 0.399 e. The number of benzene rings is 1. The number of hydrogen-bond acceptors (Lipinski definition) is 4. The molecule has 0 spiro atoms. The average Bonchev–Trinajstić information content (AvgIpc) is 2.30. The maximum absolute atomic E-state index is 11.3. The highest BCUT2D eigenvalue weighted by atomic mass is 32.2. The van der Waals surface area contributed by atoms with Crippen molar-refractivity contribution in [1.82, 2.24) is 5.43 Å². The van der Waals surface area contributed by atoms with E-state index >= 15 is 0 Å². The van der Waals surface area contributed by atoms with E-state index in [1.807, 2.05) is 38.1 Å². The quantitative estimate of drug-likeness (QED) is 0.244. The molecule has 0 saturated heterocycles. The third kappa shape index (κ3) is 3.43. The van der Waals surface area contributed by atoms with Gasteiger partial charge < -0.3 is 5.73 Å². The summed E-state index contributed by atoms with van der Waals surface area (Å²) in [6, 6.07) is 7.60. The van der Waals surface area contributed by atoms with Crippen LogP contribution in [0.2, 0.25) is 0 Å². The van der Waals surface area contributed by atoms with Crippen LogP contribution in [0.1, 0.15) is 13.8 Å². The van der Waals surface area contributed by atoms with Crippen molar-refractivity contribution in [2.24, 2.45) is 11.8 Å². The molecule has 16 heavy (non-hydrogen) atoms. The summed E-state index contributed by atoms with van der Waals surface area (Å²) in [7, 11) is 0. The average molecular weight is 239 g/mol. The fourth-order valence-corrected chi connectivity index (χ4v) is 2.26. The van der Waals surface area contributed by atoms with Gasteiger partial charge in [-0.15, -0.1) is 11.8 Å². The molecule has 0 saturated carbocycles. The molecule has 4 nitrogen and oxygen atoms in total. The van der Waals surface area contributed by atoms with Crippen LogP contribution in [-0.2, 0) is 4.79 Å². The highest BCUT2D eigenvalue weighted by Crippen LogP contribution is 2.28. The summed E-state index contributed by atoms with van der Waals surface area (Å²) in [5.74, 6) is 4.82. The Kier molecular flexibility index (Phi) is 4.64. The van der Waals surface area contributed by atoms with E-state index in [1.165, 1.54) is 0 Å². The Bertz CT molecular complexity index is 353. The smallest absolute Gasteiger partial charge is 0.237 e. The van der Waals surface area contributed by atoms with Crippen LogP contribution in [-0.4, -0.2) is 11.2 Å². The summed E-state index contributed by atoms with van der Waals surface area (Å²) in [6.07, 6.45) is 0. The molecule has 0 aliphatic rings. The van der Waals surface area contributed by atoms with Gasteiger partial charge in [0.25, 0.3) is 0 Å². The third-order valence-electron chi connectivity index (χ3n) is 2.46. The SMILES string of the molecule is CC(Sc1ccc(N)cc1)C(C)C(=O)NN. The predicted octanol–water partition coefficient (Wildman–Crippen LogP) is 1.38. The van der Waals surface area contributed by atoms with Crippen molar-refractivity contribution in [3.05, 3.63) is 24.3 Å². The van der Waals surface area contributed by atoms with E-state index in [9.17, 15) is 4.79 Å². The minimum absolute atomic E-state index is 0.132. The van der Waals surface area contributed by atoms with Gasteiger partial charge in [0, 0.05) is 21.8 Å². The number of nitrogens with one attached hydrogen (secondary N) is 1. The van der Waals surface area contributed by atoms with E-state index in [2.05, 4.69) is 5.43 Å². The van der Waals surface area contributed by atoms with E-state index in [4.69, 9.17) is 11.6 Å². The number of anilines is 1. The van der Waals surface area contributed by atoms with Gasteiger partial charge in [0.15, 0.2) is 0 Å². The number of hydrogen-bond donors (Lipinski definition) is 3. The lowest BCUT2D eigenvalue weighted by Gasteiger charge is -2.17. The fraction of sp³-hybridized carbons (Fsp3) is 0.364. The van der Waals surface area contributed by atoms with Crippen LogP contribution in [0.25, 0.3) is 0 Å². The van der Waals surface area contributed by atoms with Gasteiger partial charge in [0.1, 0.15) is 0 Å². The lowest BCUT2D eigenvalue weighted by Crippen LogP contribution is -2.38. The molecule has 0 aliphatic heterocycles. The minimum Gasteiger partial charge on any atom is -0.399 e. The first-order valence-electron chi connectivity index (χ1n) is 5.07. The zero-order valence-electron chi connectivity index (χ0n) is 9.44. The molecular weight excluding hydrogens is 222 g/mol. The van der Waals surface area contributed by atoms with E-state index < -0.39 is 0 Å². The van der Waals surface area contributed by atoms with Gasteiger partial charge in [-0.05, 0) is 24.3 Å². The molecule has 0 aliphatic carbocycles. The van der Waals surface area contributed by atoms with Crippen LogP contribution in [0.15, 0.2) is 29.2 Å². The summed E-state index contributed by atoms with van der Waals surface area (Å²) in [4.78, 5) is 12.4. The lowest BCUT2D eigenvalue weighted by atomic mass is 10.1. The van der Waals surface area contributed by atoms with Crippen LogP contribution in [0, 0.1) is 5.92 Å². The number of carbonyl (C=O) groups excluding carboxylic acids is 1. The maximum Gasteiger partial charge on any atom is 0.237 e. The summed E-state index contributed by atoms with van der Waals surface area (Å²) < 4.78 is 0. The predicted molar refractivity (Wildman–Crippen MR) is 67.7 cm³/mol. The number of nitrogens with two attached hydrogens (primary N) is 2. The molecular formula is C11H17N3OS. The van der Waals surface area contributed by atoms with Crippen LogP contribution >= 0.6 is 11.8 Å². The van der Waals surface area contributed by atoms with E-state index in [-0.39, 0.29) is 17.1 Å². The molecule has 0 bridgehead atoms. The highest BCUT2D eigenvalue weighted by Gasteiger charge is 2.20. The Morgan fingerprint density at radius 3 is 2.38 bits per heavy atom. The molecule has 0 aromatic heterocycles. The number of amides is 1. The normalized spacial score (nSPS) is 14.2. The van der Waals surface area contributed by atoms with E-state index in [0.29, 0.717) is 0 Å². The second kappa shape index (κ2) is 5.77. The zero-order chi connectivity index (χ0) is 12.1. The highest BCUT2D eigenvalue weighted by molar-refractivity contribution is 8.00. The third-order valence-corrected chi connectivity index (χ3v) is 3.79. The molecule has 1 amide bonds. The van der Waals surface area contributed by atoms with Crippen LogP contribution in [0.5, 0.6) is 0 Å². The molecule has 2 atom stereocenters. The number of rotatable bonds is 4. The number of carbonyl (C=O) groups is 1. The molecule has 88 valence electrons. The van der Waals surface area contributed by atoms with Gasteiger partial charge in [-0.1, -0.05) is 13.8 Å². The van der Waals surface area contributed by atoms with Gasteiger partial charge in [-0.2, -0.15) is 0 Å². The Hall–Kier alpha value is -1.20. The molecule has 0 fully saturated rings. The van der Waals surface area contributed by atoms with Gasteiger partial charge in [-0.3, -0.25) is 10.2 Å². The second-order valence-electron chi connectivity index (χ2n) is 3.69. The maximum atomic E-state index is 11.3. The minimum atomic E-state index is -0.143. The Morgan fingerprint density at radius 2 is 1.88 bits per heavy atom. The van der Waals surface area contributed by atoms with E-state index in [0.717, 1.165) is 10.6 Å². The standard InChI is InChI=1S/C11H17N3OS/c1-7(11(15)14-13)8(2)16-10-5-3-9(12)4-6-10/h3-8H,12-13H2,1-2H3,(H,14,15). The second-order valence-corrected chi connectivity index (χ2v) is 5.14. The summed E-state index contributed by atoms with van der Waals surface area (Å²) >= 11 is 1.63. The van der Waals surface area contributed by atoms with Gasteiger partial charge in [0.2, 0.25) is 5.91 Å². The van der Waals surface area contributed by atoms with Crippen molar-refractivity contribution in [2.45, 2.75) is 24.0 Å². The van der Waals surface area contributed by atoms with Crippen molar-refractivity contribution in [3.63, 3.8) is 0 Å². The van der Waals surface area contributed by atoms with E-state index in [1.54, 1.807) is 11.8 Å². The zero-order valence-corrected chi connectivity index (χ0v) is 10.3. The van der Waals surface area contributed by atoms with Crippen molar-refractivity contribution in [1.29, 1.82) is 0 Å². The van der Waals surface area contributed by atoms with Gasteiger partial charge in [0.05, 0.1) is 0 Å². The molecule has 0 heterocycles. The number of nitrogen functional groups attached to an aromatic ring is 1. The van der Waals surface area contributed by atoms with Crippen molar-refractivity contribution in [3.8, 4) is 0 Å². The Morgan fingerprint density at radius 1 is 1.31 bits per heavy atom. The molecule has 0 radical (unpaired) electrons. The van der Waals surface area contributed by atoms with Crippen LogP contribution in [0.3, 0.4) is 0 Å². The molecule has 1 aromatic carbocycles. The first kappa shape index (κ1) is 12.9. The number of thioether (sulfide) groups is 1. The first-order chi connectivity index (χ1) is 7.54. The van der Waals surface area contributed by atoms with Crippen molar-refractivity contribution >= 4 is 23.4 Å². The Balaban J connectivity index is 2.60.